The minimum absolute atomic E-state index is 0.0724. The number of hydrogen-bond acceptors (Lipinski definition) is 7. The van der Waals surface area contributed by atoms with Crippen LogP contribution in [0.4, 0.5) is 15.9 Å². The molecule has 1 atom stereocenters. The molecular weight excluding hydrogens is 601 g/mol. The Hall–Kier alpha value is -4.15. The van der Waals surface area contributed by atoms with Gasteiger partial charge in [-0.15, -0.1) is 11.3 Å². The van der Waals surface area contributed by atoms with Gasteiger partial charge in [-0.1, -0.05) is 19.1 Å². The first kappa shape index (κ1) is 31.8. The van der Waals surface area contributed by atoms with Gasteiger partial charge in [0.25, 0.3) is 5.56 Å². The first-order chi connectivity index (χ1) is 22.2. The van der Waals surface area contributed by atoms with Gasteiger partial charge in [0.15, 0.2) is 11.6 Å². The number of carbonyl (C=O) groups is 2. The van der Waals surface area contributed by atoms with E-state index in [1.165, 1.54) is 33.9 Å². The Labute approximate surface area is 272 Å². The lowest BCUT2D eigenvalue weighted by molar-refractivity contribution is -0.140. The Morgan fingerprint density at radius 1 is 1.04 bits per heavy atom. The van der Waals surface area contributed by atoms with Gasteiger partial charge in [-0.3, -0.25) is 19.3 Å². The molecule has 46 heavy (non-hydrogen) atoms. The van der Waals surface area contributed by atoms with E-state index in [-0.39, 0.29) is 34.9 Å². The van der Waals surface area contributed by atoms with E-state index in [4.69, 9.17) is 0 Å². The fourth-order valence-corrected chi connectivity index (χ4v) is 7.63. The van der Waals surface area contributed by atoms with Gasteiger partial charge < -0.3 is 14.8 Å². The minimum Gasteiger partial charge on any atom is -0.343 e. The molecule has 240 valence electrons. The van der Waals surface area contributed by atoms with Crippen LogP contribution in [0.1, 0.15) is 69.9 Å². The molecule has 1 amide bonds. The summed E-state index contributed by atoms with van der Waals surface area (Å²) in [4.78, 5) is 49.6. The van der Waals surface area contributed by atoms with Crippen LogP contribution in [-0.2, 0) is 31.1 Å². The smallest absolute Gasteiger partial charge is 0.293 e. The van der Waals surface area contributed by atoms with Crippen molar-refractivity contribution in [1.82, 2.24) is 19.4 Å². The maximum Gasteiger partial charge on any atom is 0.293 e. The molecule has 0 saturated carbocycles. The van der Waals surface area contributed by atoms with Crippen LogP contribution in [-0.4, -0.2) is 57.7 Å². The van der Waals surface area contributed by atoms with E-state index in [0.29, 0.717) is 48.3 Å². The van der Waals surface area contributed by atoms with Gasteiger partial charge in [-0.25, -0.2) is 9.37 Å². The first-order valence-corrected chi connectivity index (χ1v) is 16.9. The molecule has 1 aliphatic heterocycles. The van der Waals surface area contributed by atoms with Crippen LogP contribution in [0.15, 0.2) is 59.5 Å². The summed E-state index contributed by atoms with van der Waals surface area (Å²) in [5.41, 5.74) is 4.31. The lowest BCUT2D eigenvalue weighted by Gasteiger charge is -2.38. The maximum atomic E-state index is 14.9. The number of halogens is 1. The second-order valence-corrected chi connectivity index (χ2v) is 13.4. The SMILES string of the molecule is CCN1CCN(C)C(=O)C1c1ccc(Nc2nc(-c3ccc(F)c(CCCC(=O)c4cc5c(s4)CCCC5)c3)cn(C)c2=O)cc1. The molecule has 1 fully saturated rings. The number of nitrogens with one attached hydrogen (secondary N) is 1. The second-order valence-electron chi connectivity index (χ2n) is 12.3. The standard InChI is InChI=1S/C36H40FN5O3S/c1-4-42-19-18-40(2)35(44)33(42)23-12-15-27(16-13-23)38-34-36(45)41(3)22-29(39-34)25-14-17-28(37)24(20-25)9-7-10-30(43)32-21-26-8-5-6-11-31(26)46-32/h12-17,20-22,33H,4-11,18-19H2,1-3H3,(H,38,39). The lowest BCUT2D eigenvalue weighted by atomic mass is 9.98. The average Bonchev–Trinajstić information content (AvgIpc) is 3.50. The van der Waals surface area contributed by atoms with Gasteiger partial charge in [-0.2, -0.15) is 0 Å². The predicted molar refractivity (Wildman–Crippen MR) is 180 cm³/mol. The highest BCUT2D eigenvalue weighted by Gasteiger charge is 2.33. The summed E-state index contributed by atoms with van der Waals surface area (Å²) in [5, 5.41) is 3.14. The molecule has 1 N–H and O–H groups in total. The van der Waals surface area contributed by atoms with Crippen LogP contribution >= 0.6 is 11.3 Å². The number of anilines is 2. The van der Waals surface area contributed by atoms with E-state index in [1.54, 1.807) is 41.6 Å². The molecule has 1 unspecified atom stereocenters. The topological polar surface area (TPSA) is 87.5 Å². The molecule has 8 nitrogen and oxygen atoms in total. The van der Waals surface area contributed by atoms with E-state index in [2.05, 4.69) is 28.2 Å². The summed E-state index contributed by atoms with van der Waals surface area (Å²) in [7, 11) is 3.49. The normalized spacial score (nSPS) is 16.8. The zero-order chi connectivity index (χ0) is 32.4. The largest absolute Gasteiger partial charge is 0.343 e. The number of piperazine rings is 1. The molecule has 2 aromatic heterocycles. The maximum absolute atomic E-state index is 14.9. The molecule has 0 spiro atoms. The molecule has 10 heteroatoms. The molecule has 1 aliphatic carbocycles. The van der Waals surface area contributed by atoms with Crippen molar-refractivity contribution in [3.05, 3.63) is 97.3 Å². The number of hydrogen-bond donors (Lipinski definition) is 1. The van der Waals surface area contributed by atoms with Crippen molar-refractivity contribution in [3.63, 3.8) is 0 Å². The van der Waals surface area contributed by atoms with Gasteiger partial charge in [0, 0.05) is 55.9 Å². The van der Waals surface area contributed by atoms with Crippen LogP contribution in [0.5, 0.6) is 0 Å². The van der Waals surface area contributed by atoms with Crippen molar-refractivity contribution < 1.29 is 14.0 Å². The number of aromatic nitrogens is 2. The molecule has 0 radical (unpaired) electrons. The number of nitrogens with zero attached hydrogens (tertiary/aromatic N) is 4. The van der Waals surface area contributed by atoms with Crippen LogP contribution in [0.3, 0.4) is 0 Å². The third-order valence-corrected chi connectivity index (χ3v) is 10.4. The van der Waals surface area contributed by atoms with Gasteiger partial charge in [-0.05, 0) is 98.2 Å². The van der Waals surface area contributed by atoms with Gasteiger partial charge in [0.2, 0.25) is 5.91 Å². The summed E-state index contributed by atoms with van der Waals surface area (Å²) < 4.78 is 16.3. The number of Topliss-reactive ketones (excluding diaryl/α,β-unsaturated/α-hetero) is 1. The summed E-state index contributed by atoms with van der Waals surface area (Å²) in [5.74, 6) is 0.0184. The van der Waals surface area contributed by atoms with E-state index < -0.39 is 0 Å². The van der Waals surface area contributed by atoms with Crippen molar-refractivity contribution in [1.29, 1.82) is 0 Å². The number of benzene rings is 2. The molecule has 3 heterocycles. The van der Waals surface area contributed by atoms with Crippen LogP contribution in [0, 0.1) is 5.82 Å². The molecule has 1 saturated heterocycles. The average molecular weight is 642 g/mol. The molecule has 2 aliphatic rings. The highest BCUT2D eigenvalue weighted by atomic mass is 32.1. The summed E-state index contributed by atoms with van der Waals surface area (Å²) in [6.07, 6.45) is 7.47. The zero-order valence-electron chi connectivity index (χ0n) is 26.6. The van der Waals surface area contributed by atoms with Gasteiger partial charge >= 0.3 is 0 Å². The first-order valence-electron chi connectivity index (χ1n) is 16.1. The van der Waals surface area contributed by atoms with E-state index >= 15 is 0 Å². The lowest BCUT2D eigenvalue weighted by Crippen LogP contribution is -2.50. The zero-order valence-corrected chi connectivity index (χ0v) is 27.5. The van der Waals surface area contributed by atoms with Crippen LogP contribution in [0.2, 0.25) is 0 Å². The summed E-state index contributed by atoms with van der Waals surface area (Å²) in [6.45, 7) is 4.35. The Bertz CT molecular complexity index is 1790. The van der Waals surface area contributed by atoms with Gasteiger partial charge in [0.1, 0.15) is 11.9 Å². The fourth-order valence-electron chi connectivity index (χ4n) is 6.41. The number of aryl methyl sites for hydroxylation is 4. The van der Waals surface area contributed by atoms with Crippen molar-refractivity contribution in [2.45, 2.75) is 57.9 Å². The Balaban J connectivity index is 1.15. The summed E-state index contributed by atoms with van der Waals surface area (Å²) in [6, 6.07) is 14.1. The Morgan fingerprint density at radius 2 is 1.83 bits per heavy atom. The number of ketones is 1. The molecule has 0 bridgehead atoms. The number of likely N-dealkylation sites (N-methyl/N-ethyl adjacent to an activating group) is 2. The monoisotopic (exact) mass is 641 g/mol. The molecule has 4 aromatic rings. The number of fused-ring (bicyclic) bond motifs is 1. The highest BCUT2D eigenvalue weighted by Crippen LogP contribution is 2.31. The number of amides is 1. The van der Waals surface area contributed by atoms with E-state index in [1.807, 2.05) is 31.3 Å². The third-order valence-electron chi connectivity index (χ3n) is 9.13. The van der Waals surface area contributed by atoms with Crippen LogP contribution in [0.25, 0.3) is 11.3 Å². The van der Waals surface area contributed by atoms with Crippen molar-refractivity contribution >= 4 is 34.5 Å². The number of carbonyl (C=O) groups excluding carboxylic acids is 2. The highest BCUT2D eigenvalue weighted by molar-refractivity contribution is 7.14. The second kappa shape index (κ2) is 13.7. The number of rotatable bonds is 10. The third kappa shape index (κ3) is 6.69. The van der Waals surface area contributed by atoms with Crippen LogP contribution < -0.4 is 10.9 Å². The van der Waals surface area contributed by atoms with E-state index in [0.717, 1.165) is 36.4 Å². The summed E-state index contributed by atoms with van der Waals surface area (Å²) >= 11 is 1.62. The molecule has 2 aromatic carbocycles. The Kier molecular flexibility index (Phi) is 9.47. The van der Waals surface area contributed by atoms with Crippen molar-refractivity contribution in [2.75, 3.05) is 32.0 Å². The van der Waals surface area contributed by atoms with Crippen molar-refractivity contribution in [2.24, 2.45) is 7.05 Å². The van der Waals surface area contributed by atoms with Gasteiger partial charge in [0.05, 0.1) is 10.6 Å². The predicted octanol–water partition coefficient (Wildman–Crippen LogP) is 6.31. The quantitative estimate of drug-likeness (QED) is 0.204. The Morgan fingerprint density at radius 3 is 2.59 bits per heavy atom. The number of thiophene rings is 1. The molecular formula is C36H40FN5O3S. The minimum atomic E-state index is -0.334. The van der Waals surface area contributed by atoms with Crippen molar-refractivity contribution in [3.8, 4) is 11.3 Å². The molecule has 6 rings (SSSR count). The fraction of sp³-hybridized carbons (Fsp3) is 0.389. The van der Waals surface area contributed by atoms with E-state index in [9.17, 15) is 18.8 Å².